The lowest BCUT2D eigenvalue weighted by Gasteiger charge is -1.97. The van der Waals surface area contributed by atoms with E-state index >= 15 is 0 Å². The molecule has 3 nitrogen and oxygen atoms in total. The largest absolute Gasteiger partial charge is 0.392 e. The van der Waals surface area contributed by atoms with Gasteiger partial charge in [-0.15, -0.1) is 0 Å². The molecular formula is C9H10N2O. The van der Waals surface area contributed by atoms with Crippen molar-refractivity contribution in [3.05, 3.63) is 30.1 Å². The molecule has 0 fully saturated rings. The average Bonchev–Trinajstić information content (AvgIpc) is 2.48. The zero-order chi connectivity index (χ0) is 8.55. The van der Waals surface area contributed by atoms with Gasteiger partial charge in [-0.05, 0) is 6.07 Å². The topological polar surface area (TPSA) is 38.0 Å². The van der Waals surface area contributed by atoms with E-state index in [9.17, 15) is 0 Å². The highest BCUT2D eigenvalue weighted by atomic mass is 16.3. The molecule has 3 heteroatoms. The fourth-order valence-corrected chi connectivity index (χ4v) is 1.35. The Morgan fingerprint density at radius 3 is 3.08 bits per heavy atom. The molecule has 1 N–H and O–H groups in total. The van der Waals surface area contributed by atoms with E-state index in [2.05, 4.69) is 4.98 Å². The molecule has 0 spiro atoms. The third-order valence-electron chi connectivity index (χ3n) is 2.01. The van der Waals surface area contributed by atoms with Gasteiger partial charge in [-0.3, -0.25) is 0 Å². The lowest BCUT2D eigenvalue weighted by molar-refractivity contribution is 0.283. The number of imidazole rings is 1. The number of para-hydroxylation sites is 1. The number of nitrogens with zero attached hydrogens (tertiary/aromatic N) is 2. The smallest absolute Gasteiger partial charge is 0.0955 e. The molecule has 1 heterocycles. The molecule has 1 aromatic carbocycles. The van der Waals surface area contributed by atoms with Crippen LogP contribution in [0.1, 0.15) is 5.56 Å². The molecule has 62 valence electrons. The van der Waals surface area contributed by atoms with Crippen LogP contribution >= 0.6 is 0 Å². The van der Waals surface area contributed by atoms with E-state index in [1.165, 1.54) is 0 Å². The Morgan fingerprint density at radius 2 is 2.33 bits per heavy atom. The Morgan fingerprint density at radius 1 is 1.50 bits per heavy atom. The molecule has 0 bridgehead atoms. The second-order valence-electron chi connectivity index (χ2n) is 2.80. The first-order valence-electron chi connectivity index (χ1n) is 3.82. The molecule has 0 unspecified atom stereocenters. The summed E-state index contributed by atoms with van der Waals surface area (Å²) in [6, 6.07) is 5.80. The lowest BCUT2D eigenvalue weighted by atomic mass is 10.2. The highest BCUT2D eigenvalue weighted by molar-refractivity contribution is 5.78. The van der Waals surface area contributed by atoms with Crippen LogP contribution in [0, 0.1) is 0 Å². The quantitative estimate of drug-likeness (QED) is 0.681. The maximum atomic E-state index is 9.00. The Hall–Kier alpha value is -1.35. The average molecular weight is 162 g/mol. The van der Waals surface area contributed by atoms with E-state index in [0.717, 1.165) is 16.6 Å². The molecule has 0 saturated heterocycles. The van der Waals surface area contributed by atoms with E-state index in [1.807, 2.05) is 29.8 Å². The number of rotatable bonds is 1. The summed E-state index contributed by atoms with van der Waals surface area (Å²) >= 11 is 0. The molecule has 0 saturated carbocycles. The molecule has 12 heavy (non-hydrogen) atoms. The summed E-state index contributed by atoms with van der Waals surface area (Å²) in [5.74, 6) is 0. The van der Waals surface area contributed by atoms with Gasteiger partial charge in [-0.1, -0.05) is 12.1 Å². The molecule has 0 radical (unpaired) electrons. The maximum absolute atomic E-state index is 9.00. The summed E-state index contributed by atoms with van der Waals surface area (Å²) in [4.78, 5) is 4.19. The van der Waals surface area contributed by atoms with Gasteiger partial charge in [0.15, 0.2) is 0 Å². The minimum absolute atomic E-state index is 0.0500. The third-order valence-corrected chi connectivity index (χ3v) is 2.01. The fraction of sp³-hybridized carbons (Fsp3) is 0.222. The first-order chi connectivity index (χ1) is 5.83. The molecule has 2 aromatic rings. The first-order valence-corrected chi connectivity index (χ1v) is 3.82. The predicted molar refractivity (Wildman–Crippen MR) is 46.6 cm³/mol. The number of aliphatic hydroxyl groups excluding tert-OH is 1. The second-order valence-corrected chi connectivity index (χ2v) is 2.80. The molecule has 0 aliphatic carbocycles. The van der Waals surface area contributed by atoms with Crippen LogP contribution in [-0.4, -0.2) is 14.7 Å². The standard InChI is InChI=1S/C9H10N2O/c1-11-6-10-9-7(5-12)3-2-4-8(9)11/h2-4,6,12H,5H2,1H3. The molecule has 0 aliphatic rings. The number of aliphatic hydroxyl groups is 1. The van der Waals surface area contributed by atoms with Crippen LogP contribution in [0.4, 0.5) is 0 Å². The van der Waals surface area contributed by atoms with Gasteiger partial charge in [0.05, 0.1) is 24.0 Å². The number of aryl methyl sites for hydroxylation is 1. The van der Waals surface area contributed by atoms with Gasteiger partial charge in [0.25, 0.3) is 0 Å². The van der Waals surface area contributed by atoms with Crippen LogP contribution in [0.15, 0.2) is 24.5 Å². The highest BCUT2D eigenvalue weighted by Gasteiger charge is 2.02. The highest BCUT2D eigenvalue weighted by Crippen LogP contribution is 2.15. The van der Waals surface area contributed by atoms with E-state index in [4.69, 9.17) is 5.11 Å². The van der Waals surface area contributed by atoms with Crippen LogP contribution in [0.2, 0.25) is 0 Å². The molecule has 1 aromatic heterocycles. The van der Waals surface area contributed by atoms with Gasteiger partial charge in [-0.2, -0.15) is 0 Å². The lowest BCUT2D eigenvalue weighted by Crippen LogP contribution is -1.87. The molecule has 0 atom stereocenters. The zero-order valence-corrected chi connectivity index (χ0v) is 6.86. The second kappa shape index (κ2) is 2.60. The molecular weight excluding hydrogens is 152 g/mol. The predicted octanol–water partition coefficient (Wildman–Crippen LogP) is 1.07. The van der Waals surface area contributed by atoms with Crippen LogP contribution < -0.4 is 0 Å². The van der Waals surface area contributed by atoms with Crippen LogP contribution in [0.5, 0.6) is 0 Å². The normalized spacial score (nSPS) is 10.8. The number of benzene rings is 1. The molecule has 2 rings (SSSR count). The van der Waals surface area contributed by atoms with Gasteiger partial charge in [0.2, 0.25) is 0 Å². The Labute approximate surface area is 70.3 Å². The minimum Gasteiger partial charge on any atom is -0.392 e. The van der Waals surface area contributed by atoms with Crippen LogP contribution in [0.3, 0.4) is 0 Å². The summed E-state index contributed by atoms with van der Waals surface area (Å²) in [6.07, 6.45) is 1.75. The first kappa shape index (κ1) is 7.31. The van der Waals surface area contributed by atoms with E-state index in [-0.39, 0.29) is 6.61 Å². The van der Waals surface area contributed by atoms with Crippen LogP contribution in [0.25, 0.3) is 11.0 Å². The SMILES string of the molecule is Cn1cnc2c(CO)cccc21. The monoisotopic (exact) mass is 162 g/mol. The van der Waals surface area contributed by atoms with Crippen LogP contribution in [-0.2, 0) is 13.7 Å². The van der Waals surface area contributed by atoms with E-state index in [0.29, 0.717) is 0 Å². The number of fused-ring (bicyclic) bond motifs is 1. The summed E-state index contributed by atoms with van der Waals surface area (Å²) in [7, 11) is 1.94. The van der Waals surface area contributed by atoms with Gasteiger partial charge in [-0.25, -0.2) is 4.98 Å². The molecule has 0 aliphatic heterocycles. The maximum Gasteiger partial charge on any atom is 0.0955 e. The van der Waals surface area contributed by atoms with Crippen molar-refractivity contribution in [2.45, 2.75) is 6.61 Å². The van der Waals surface area contributed by atoms with Crippen molar-refractivity contribution in [1.82, 2.24) is 9.55 Å². The van der Waals surface area contributed by atoms with Crippen molar-refractivity contribution in [1.29, 1.82) is 0 Å². The van der Waals surface area contributed by atoms with Gasteiger partial charge >= 0.3 is 0 Å². The van der Waals surface area contributed by atoms with Crippen molar-refractivity contribution in [3.63, 3.8) is 0 Å². The number of hydrogen-bond acceptors (Lipinski definition) is 2. The fourth-order valence-electron chi connectivity index (χ4n) is 1.35. The Bertz CT molecular complexity index is 406. The minimum atomic E-state index is 0.0500. The van der Waals surface area contributed by atoms with Gasteiger partial charge in [0.1, 0.15) is 0 Å². The number of hydrogen-bond donors (Lipinski definition) is 1. The summed E-state index contributed by atoms with van der Waals surface area (Å²) in [5, 5.41) is 9.00. The Balaban J connectivity index is 2.81. The van der Waals surface area contributed by atoms with Gasteiger partial charge < -0.3 is 9.67 Å². The van der Waals surface area contributed by atoms with E-state index < -0.39 is 0 Å². The van der Waals surface area contributed by atoms with Crippen molar-refractivity contribution in [2.75, 3.05) is 0 Å². The van der Waals surface area contributed by atoms with Crippen molar-refractivity contribution in [2.24, 2.45) is 7.05 Å². The number of aromatic nitrogens is 2. The third kappa shape index (κ3) is 0.905. The van der Waals surface area contributed by atoms with Gasteiger partial charge in [0, 0.05) is 12.6 Å². The summed E-state index contributed by atoms with van der Waals surface area (Å²) < 4.78 is 1.94. The molecule has 0 amide bonds. The summed E-state index contributed by atoms with van der Waals surface area (Å²) in [6.45, 7) is 0.0500. The van der Waals surface area contributed by atoms with E-state index in [1.54, 1.807) is 6.33 Å². The zero-order valence-electron chi connectivity index (χ0n) is 6.86. The summed E-state index contributed by atoms with van der Waals surface area (Å²) in [5.41, 5.74) is 2.83. The van der Waals surface area contributed by atoms with Crippen molar-refractivity contribution >= 4 is 11.0 Å². The Kier molecular flexibility index (Phi) is 1.59. The van der Waals surface area contributed by atoms with Crippen molar-refractivity contribution < 1.29 is 5.11 Å². The van der Waals surface area contributed by atoms with Crippen molar-refractivity contribution in [3.8, 4) is 0 Å².